The normalized spacial score (nSPS) is 10.3. The second kappa shape index (κ2) is 11.2. The lowest BCUT2D eigenvalue weighted by Crippen LogP contribution is -2.32. The van der Waals surface area contributed by atoms with E-state index in [4.69, 9.17) is 4.74 Å². The van der Waals surface area contributed by atoms with Crippen LogP contribution >= 0.6 is 12.2 Å². The Kier molecular flexibility index (Phi) is 8.62. The number of anilines is 2. The highest BCUT2D eigenvalue weighted by Crippen LogP contribution is 2.18. The summed E-state index contributed by atoms with van der Waals surface area (Å²) >= 11 is 0.919. The third-order valence-electron chi connectivity index (χ3n) is 3.18. The second-order valence-corrected chi connectivity index (χ2v) is 5.65. The fourth-order valence-corrected chi connectivity index (χ4v) is 2.27. The molecule has 146 valence electrons. The first kappa shape index (κ1) is 20.7. The Morgan fingerprint density at radius 3 is 2.48 bits per heavy atom. The Bertz CT molecular complexity index is 735. The van der Waals surface area contributed by atoms with Gasteiger partial charge in [0.1, 0.15) is 18.0 Å². The summed E-state index contributed by atoms with van der Waals surface area (Å²) in [5, 5.41) is 5.53. The van der Waals surface area contributed by atoms with Crippen molar-refractivity contribution in [3.8, 4) is 5.75 Å². The molecule has 0 spiro atoms. The number of hydrogen-bond donors (Lipinski definition) is 3. The van der Waals surface area contributed by atoms with Crippen LogP contribution in [-0.4, -0.2) is 32.7 Å². The van der Waals surface area contributed by atoms with E-state index in [0.29, 0.717) is 24.5 Å². The summed E-state index contributed by atoms with van der Waals surface area (Å²) in [7, 11) is 1.40. The van der Waals surface area contributed by atoms with Crippen molar-refractivity contribution in [1.82, 2.24) is 5.32 Å². The molecule has 2 aromatic rings. The minimum absolute atomic E-state index is 0.139. The van der Waals surface area contributed by atoms with Crippen molar-refractivity contribution in [2.45, 2.75) is 0 Å². The maximum Gasteiger partial charge on any atom is 0.258 e. The Balaban J connectivity index is 1.62. The molecule has 0 saturated heterocycles. The van der Waals surface area contributed by atoms with Crippen LogP contribution < -0.4 is 20.1 Å². The van der Waals surface area contributed by atoms with E-state index in [1.54, 1.807) is 24.3 Å². The standard InChI is InChI=1S/C17H19F2N3O4S/c1-24-26-27-22-12-2-5-14(6-3-12)25-11-17(23)21-9-8-20-13-4-7-15(18)16(19)10-13/h2-7,10,20,22H,8-9,11H2,1H3,(H,21,23). The summed E-state index contributed by atoms with van der Waals surface area (Å²) in [5.74, 6) is -1.60. The van der Waals surface area contributed by atoms with Gasteiger partial charge in [-0.2, -0.15) is 0 Å². The number of carbonyl (C=O) groups is 1. The Labute approximate surface area is 159 Å². The first-order chi connectivity index (χ1) is 13.1. The fourth-order valence-electron chi connectivity index (χ4n) is 1.93. The first-order valence-corrected chi connectivity index (χ1v) is 8.63. The summed E-state index contributed by atoms with van der Waals surface area (Å²) in [4.78, 5) is 16.2. The highest BCUT2D eigenvalue weighted by atomic mass is 32.2. The van der Waals surface area contributed by atoms with E-state index in [0.717, 1.165) is 30.0 Å². The van der Waals surface area contributed by atoms with Gasteiger partial charge in [-0.15, -0.1) is 4.33 Å². The quantitative estimate of drug-likeness (QED) is 0.176. The summed E-state index contributed by atoms with van der Waals surface area (Å²) < 4.78 is 38.8. The number of ether oxygens (including phenoxy) is 1. The molecule has 0 aliphatic carbocycles. The minimum Gasteiger partial charge on any atom is -0.484 e. The molecule has 0 bridgehead atoms. The smallest absolute Gasteiger partial charge is 0.258 e. The molecule has 27 heavy (non-hydrogen) atoms. The highest BCUT2D eigenvalue weighted by Gasteiger charge is 2.04. The zero-order chi connectivity index (χ0) is 19.5. The van der Waals surface area contributed by atoms with Crippen molar-refractivity contribution in [1.29, 1.82) is 0 Å². The van der Waals surface area contributed by atoms with Crippen LogP contribution in [0.2, 0.25) is 0 Å². The molecule has 2 rings (SSSR count). The number of amides is 1. The van der Waals surface area contributed by atoms with E-state index >= 15 is 0 Å². The first-order valence-electron chi connectivity index (χ1n) is 7.89. The van der Waals surface area contributed by atoms with Crippen molar-refractivity contribution >= 4 is 29.5 Å². The third kappa shape index (κ3) is 7.69. The predicted molar refractivity (Wildman–Crippen MR) is 99.1 cm³/mol. The molecule has 0 saturated carbocycles. The molecule has 0 aliphatic heterocycles. The molecule has 0 unspecified atom stereocenters. The van der Waals surface area contributed by atoms with Crippen LogP contribution in [0.5, 0.6) is 5.75 Å². The Morgan fingerprint density at radius 1 is 1.04 bits per heavy atom. The van der Waals surface area contributed by atoms with Gasteiger partial charge in [-0.05, 0) is 42.5 Å². The molecule has 2 aromatic carbocycles. The fraction of sp³-hybridized carbons (Fsp3) is 0.235. The van der Waals surface area contributed by atoms with Crippen LogP contribution in [0, 0.1) is 11.6 Å². The maximum atomic E-state index is 13.1. The van der Waals surface area contributed by atoms with E-state index in [1.807, 2.05) is 0 Å². The summed E-state index contributed by atoms with van der Waals surface area (Å²) in [6, 6.07) is 10.4. The molecular formula is C17H19F2N3O4S. The van der Waals surface area contributed by atoms with Gasteiger partial charge in [0.15, 0.2) is 18.2 Å². The van der Waals surface area contributed by atoms with Crippen molar-refractivity contribution in [2.75, 3.05) is 36.8 Å². The Morgan fingerprint density at radius 2 is 1.78 bits per heavy atom. The largest absolute Gasteiger partial charge is 0.484 e. The topological polar surface area (TPSA) is 80.8 Å². The lowest BCUT2D eigenvalue weighted by atomic mass is 10.3. The average Bonchev–Trinajstić information content (AvgIpc) is 2.67. The van der Waals surface area contributed by atoms with Gasteiger partial charge in [0.25, 0.3) is 5.91 Å². The van der Waals surface area contributed by atoms with Crippen molar-refractivity contribution in [3.63, 3.8) is 0 Å². The van der Waals surface area contributed by atoms with Gasteiger partial charge in [0, 0.05) is 24.5 Å². The summed E-state index contributed by atoms with van der Waals surface area (Å²) in [6.45, 7) is 0.526. The zero-order valence-corrected chi connectivity index (χ0v) is 15.3. The molecule has 10 heteroatoms. The summed E-state index contributed by atoms with van der Waals surface area (Å²) in [5.41, 5.74) is 1.21. The van der Waals surface area contributed by atoms with Crippen molar-refractivity contribution in [2.24, 2.45) is 0 Å². The van der Waals surface area contributed by atoms with E-state index in [1.165, 1.54) is 13.2 Å². The van der Waals surface area contributed by atoms with E-state index in [9.17, 15) is 13.6 Å². The van der Waals surface area contributed by atoms with Gasteiger partial charge in [0.05, 0.1) is 7.11 Å². The molecule has 0 aromatic heterocycles. The van der Waals surface area contributed by atoms with Crippen molar-refractivity contribution in [3.05, 3.63) is 54.1 Å². The van der Waals surface area contributed by atoms with Crippen molar-refractivity contribution < 1.29 is 27.5 Å². The lowest BCUT2D eigenvalue weighted by Gasteiger charge is -2.10. The van der Waals surface area contributed by atoms with Gasteiger partial charge in [0.2, 0.25) is 0 Å². The molecule has 3 N–H and O–H groups in total. The van der Waals surface area contributed by atoms with Gasteiger partial charge in [-0.25, -0.2) is 13.7 Å². The molecule has 0 fully saturated rings. The van der Waals surface area contributed by atoms with Crippen LogP contribution in [0.3, 0.4) is 0 Å². The number of rotatable bonds is 11. The van der Waals surface area contributed by atoms with E-state index < -0.39 is 11.6 Å². The summed E-state index contributed by atoms with van der Waals surface area (Å²) in [6.07, 6.45) is 0. The average molecular weight is 399 g/mol. The number of halogens is 2. The van der Waals surface area contributed by atoms with Crippen LogP contribution in [-0.2, 0) is 14.0 Å². The van der Waals surface area contributed by atoms with Gasteiger partial charge < -0.3 is 20.1 Å². The van der Waals surface area contributed by atoms with Crippen LogP contribution in [0.1, 0.15) is 0 Å². The van der Waals surface area contributed by atoms with Crippen LogP contribution in [0.15, 0.2) is 42.5 Å². The molecule has 1 amide bonds. The number of benzene rings is 2. The minimum atomic E-state index is -0.927. The van der Waals surface area contributed by atoms with Gasteiger partial charge >= 0.3 is 0 Å². The molecule has 0 aliphatic rings. The monoisotopic (exact) mass is 399 g/mol. The molecule has 0 atom stereocenters. The molecular weight excluding hydrogens is 380 g/mol. The second-order valence-electron chi connectivity index (χ2n) is 5.14. The number of carbonyl (C=O) groups excluding carboxylic acids is 1. The third-order valence-corrected chi connectivity index (χ3v) is 3.70. The molecule has 0 heterocycles. The maximum absolute atomic E-state index is 13.1. The highest BCUT2D eigenvalue weighted by molar-refractivity contribution is 7.95. The van der Waals surface area contributed by atoms with Gasteiger partial charge in [-0.3, -0.25) is 4.79 Å². The number of hydrogen-bond acceptors (Lipinski definition) is 7. The van der Waals surface area contributed by atoms with Crippen LogP contribution in [0.4, 0.5) is 20.2 Å². The van der Waals surface area contributed by atoms with E-state index in [-0.39, 0.29) is 12.5 Å². The van der Waals surface area contributed by atoms with Crippen LogP contribution in [0.25, 0.3) is 0 Å². The Hall–Kier alpha value is -2.56. The van der Waals surface area contributed by atoms with Gasteiger partial charge in [-0.1, -0.05) is 0 Å². The number of nitrogens with one attached hydrogen (secondary N) is 3. The SMILES string of the molecule is COOSNc1ccc(OCC(=O)NCCNc2ccc(F)c(F)c2)cc1. The lowest BCUT2D eigenvalue weighted by molar-refractivity contribution is -0.159. The zero-order valence-electron chi connectivity index (χ0n) is 14.5. The molecule has 0 radical (unpaired) electrons. The molecule has 7 nitrogen and oxygen atoms in total. The predicted octanol–water partition coefficient (Wildman–Crippen LogP) is 3.13. The van der Waals surface area contributed by atoms with E-state index in [2.05, 4.69) is 24.6 Å².